The van der Waals surface area contributed by atoms with Crippen LogP contribution in [0.25, 0.3) is 22.5 Å². The van der Waals surface area contributed by atoms with E-state index in [-0.39, 0.29) is 0 Å². The molecule has 0 aliphatic heterocycles. The minimum absolute atomic E-state index is 0.881. The summed E-state index contributed by atoms with van der Waals surface area (Å²) in [5.41, 5.74) is 9.20. The largest absolute Gasteiger partial charge is 0.398 e. The average Bonchev–Trinajstić information content (AvgIpc) is 2.47. The number of hydrogen-bond acceptors (Lipinski definition) is 1. The predicted molar refractivity (Wildman–Crippen MR) is 56.0 cm³/mol. The normalized spacial score (nSPS) is 13.4. The van der Waals surface area contributed by atoms with E-state index in [0.717, 1.165) is 5.70 Å². The van der Waals surface area contributed by atoms with Crippen LogP contribution in [0.4, 0.5) is 0 Å². The summed E-state index contributed by atoms with van der Waals surface area (Å²) in [5, 5.41) is 2.56. The van der Waals surface area contributed by atoms with Gasteiger partial charge in [-0.1, -0.05) is 36.4 Å². The fraction of sp³-hybridized carbons (Fsp3) is 0. The quantitative estimate of drug-likeness (QED) is 0.641. The van der Waals surface area contributed by atoms with Crippen molar-refractivity contribution in [2.45, 2.75) is 0 Å². The Morgan fingerprint density at radius 2 is 1.69 bits per heavy atom. The summed E-state index contributed by atoms with van der Waals surface area (Å²) in [7, 11) is 0. The molecule has 3 rings (SSSR count). The third-order valence-corrected chi connectivity index (χ3v) is 2.56. The van der Waals surface area contributed by atoms with E-state index < -0.39 is 0 Å². The number of benzene rings is 2. The first-order valence-corrected chi connectivity index (χ1v) is 4.35. The Kier molecular flexibility index (Phi) is 1.10. The molecule has 0 saturated heterocycles. The van der Waals surface area contributed by atoms with Crippen molar-refractivity contribution < 1.29 is 0 Å². The summed E-state index contributed by atoms with van der Waals surface area (Å²) < 4.78 is 0. The van der Waals surface area contributed by atoms with Crippen molar-refractivity contribution in [1.29, 1.82) is 0 Å². The molecule has 0 fully saturated rings. The summed E-state index contributed by atoms with van der Waals surface area (Å²) >= 11 is 0. The second-order valence-corrected chi connectivity index (χ2v) is 3.35. The Morgan fingerprint density at radius 3 is 2.54 bits per heavy atom. The Bertz CT molecular complexity index is 518. The topological polar surface area (TPSA) is 26.0 Å². The van der Waals surface area contributed by atoms with Crippen LogP contribution in [0.5, 0.6) is 0 Å². The molecule has 0 unspecified atom stereocenters. The maximum absolute atomic E-state index is 5.90. The van der Waals surface area contributed by atoms with Crippen LogP contribution in [-0.2, 0) is 0 Å². The van der Waals surface area contributed by atoms with Gasteiger partial charge in [-0.2, -0.15) is 0 Å². The SMILES string of the molecule is NC1=Cc2cccc3cccc1c23. The standard InChI is InChI=1S/C12H9N/c13-11-7-9-5-1-3-8-4-2-6-10(11)12(8)9/h1-7H,13H2. The molecular weight excluding hydrogens is 158 g/mol. The molecule has 0 heterocycles. The number of rotatable bonds is 0. The lowest BCUT2D eigenvalue weighted by atomic mass is 10.0. The lowest BCUT2D eigenvalue weighted by Crippen LogP contribution is -1.91. The summed E-state index contributed by atoms with van der Waals surface area (Å²) in [4.78, 5) is 0. The Hall–Kier alpha value is -1.76. The highest BCUT2D eigenvalue weighted by atomic mass is 14.6. The highest BCUT2D eigenvalue weighted by Crippen LogP contribution is 2.33. The van der Waals surface area contributed by atoms with Gasteiger partial charge in [0.05, 0.1) is 0 Å². The van der Waals surface area contributed by atoms with Crippen molar-refractivity contribution in [3.8, 4) is 0 Å². The zero-order chi connectivity index (χ0) is 8.84. The van der Waals surface area contributed by atoms with Gasteiger partial charge in [0.2, 0.25) is 0 Å². The Morgan fingerprint density at radius 1 is 0.923 bits per heavy atom. The van der Waals surface area contributed by atoms with Gasteiger partial charge in [-0.05, 0) is 22.4 Å². The first-order chi connectivity index (χ1) is 6.36. The Balaban J connectivity index is 2.59. The molecule has 62 valence electrons. The fourth-order valence-electron chi connectivity index (χ4n) is 1.98. The maximum Gasteiger partial charge on any atom is 0.0400 e. The molecule has 2 aromatic rings. The lowest BCUT2D eigenvalue weighted by Gasteiger charge is -2.01. The molecule has 0 radical (unpaired) electrons. The maximum atomic E-state index is 5.90. The fourth-order valence-corrected chi connectivity index (χ4v) is 1.98. The predicted octanol–water partition coefficient (Wildman–Crippen LogP) is 2.61. The zero-order valence-corrected chi connectivity index (χ0v) is 7.12. The van der Waals surface area contributed by atoms with E-state index in [0.29, 0.717) is 0 Å². The molecule has 0 aromatic heterocycles. The van der Waals surface area contributed by atoms with Gasteiger partial charge in [-0.3, -0.25) is 0 Å². The summed E-state index contributed by atoms with van der Waals surface area (Å²) in [6, 6.07) is 12.5. The van der Waals surface area contributed by atoms with Crippen LogP contribution in [0, 0.1) is 0 Å². The highest BCUT2D eigenvalue weighted by molar-refractivity contribution is 6.08. The lowest BCUT2D eigenvalue weighted by molar-refractivity contribution is 1.61. The van der Waals surface area contributed by atoms with Crippen LogP contribution < -0.4 is 5.73 Å². The molecule has 2 N–H and O–H groups in total. The third-order valence-electron chi connectivity index (χ3n) is 2.56. The van der Waals surface area contributed by atoms with Gasteiger partial charge < -0.3 is 5.73 Å². The van der Waals surface area contributed by atoms with Gasteiger partial charge in [-0.15, -0.1) is 0 Å². The minimum atomic E-state index is 0.881. The number of nitrogens with two attached hydrogens (primary N) is 1. The molecule has 1 aliphatic rings. The summed E-state index contributed by atoms with van der Waals surface area (Å²) in [5.74, 6) is 0. The minimum Gasteiger partial charge on any atom is -0.398 e. The second-order valence-electron chi connectivity index (χ2n) is 3.35. The van der Waals surface area contributed by atoms with Gasteiger partial charge in [0.1, 0.15) is 0 Å². The van der Waals surface area contributed by atoms with Crippen molar-refractivity contribution in [1.82, 2.24) is 0 Å². The molecule has 0 spiro atoms. The van der Waals surface area contributed by atoms with Crippen LogP contribution in [0.15, 0.2) is 36.4 Å². The summed E-state index contributed by atoms with van der Waals surface area (Å²) in [6.07, 6.45) is 2.04. The van der Waals surface area contributed by atoms with Crippen LogP contribution in [-0.4, -0.2) is 0 Å². The van der Waals surface area contributed by atoms with Gasteiger partial charge in [0.25, 0.3) is 0 Å². The average molecular weight is 167 g/mol. The molecule has 0 bridgehead atoms. The first kappa shape index (κ1) is 6.72. The Labute approximate surface area is 76.5 Å². The molecule has 0 atom stereocenters. The molecule has 13 heavy (non-hydrogen) atoms. The van der Waals surface area contributed by atoms with E-state index in [1.807, 2.05) is 12.1 Å². The van der Waals surface area contributed by atoms with Crippen molar-refractivity contribution in [3.05, 3.63) is 47.5 Å². The van der Waals surface area contributed by atoms with E-state index in [4.69, 9.17) is 5.73 Å². The van der Waals surface area contributed by atoms with E-state index in [9.17, 15) is 0 Å². The monoisotopic (exact) mass is 167 g/mol. The van der Waals surface area contributed by atoms with Crippen molar-refractivity contribution in [2.75, 3.05) is 0 Å². The molecule has 1 nitrogen and oxygen atoms in total. The van der Waals surface area contributed by atoms with E-state index in [2.05, 4.69) is 30.3 Å². The van der Waals surface area contributed by atoms with E-state index in [1.165, 1.54) is 21.9 Å². The zero-order valence-electron chi connectivity index (χ0n) is 7.12. The number of hydrogen-bond donors (Lipinski definition) is 1. The van der Waals surface area contributed by atoms with Gasteiger partial charge in [0.15, 0.2) is 0 Å². The molecule has 2 aromatic carbocycles. The van der Waals surface area contributed by atoms with Crippen molar-refractivity contribution in [3.63, 3.8) is 0 Å². The van der Waals surface area contributed by atoms with Gasteiger partial charge in [0, 0.05) is 11.3 Å². The van der Waals surface area contributed by atoms with Crippen molar-refractivity contribution in [2.24, 2.45) is 5.73 Å². The second kappa shape index (κ2) is 2.13. The van der Waals surface area contributed by atoms with Crippen LogP contribution in [0.2, 0.25) is 0 Å². The molecule has 1 aliphatic carbocycles. The first-order valence-electron chi connectivity index (χ1n) is 4.35. The van der Waals surface area contributed by atoms with Gasteiger partial charge in [-0.25, -0.2) is 0 Å². The highest BCUT2D eigenvalue weighted by Gasteiger charge is 2.12. The molecule has 0 saturated carbocycles. The molecular formula is C12H9N. The molecule has 1 heteroatoms. The van der Waals surface area contributed by atoms with Crippen molar-refractivity contribution >= 4 is 22.5 Å². The van der Waals surface area contributed by atoms with Gasteiger partial charge >= 0.3 is 0 Å². The van der Waals surface area contributed by atoms with E-state index >= 15 is 0 Å². The van der Waals surface area contributed by atoms with Crippen LogP contribution >= 0.6 is 0 Å². The van der Waals surface area contributed by atoms with Crippen LogP contribution in [0.1, 0.15) is 11.1 Å². The van der Waals surface area contributed by atoms with E-state index in [1.54, 1.807) is 0 Å². The molecule has 0 amide bonds. The smallest absolute Gasteiger partial charge is 0.0400 e. The third kappa shape index (κ3) is 0.760. The summed E-state index contributed by atoms with van der Waals surface area (Å²) in [6.45, 7) is 0. The van der Waals surface area contributed by atoms with Crippen LogP contribution in [0.3, 0.4) is 0 Å².